The molecule has 2 aromatic rings. The molecular weight excluding hydrogens is 304 g/mol. The maximum atomic E-state index is 12.5. The third kappa shape index (κ3) is 3.95. The fourth-order valence-electron chi connectivity index (χ4n) is 2.73. The molecule has 2 aromatic heterocycles. The van der Waals surface area contributed by atoms with Crippen LogP contribution < -0.4 is 5.32 Å². The number of carbonyl (C=O) groups is 2. The van der Waals surface area contributed by atoms with Crippen LogP contribution in [-0.2, 0) is 6.54 Å². The maximum absolute atomic E-state index is 12.5. The van der Waals surface area contributed by atoms with Gasteiger partial charge in [0.05, 0.1) is 0 Å². The number of rotatable bonds is 4. The number of nitrogens with one attached hydrogen (secondary N) is 1. The van der Waals surface area contributed by atoms with E-state index in [1.165, 1.54) is 6.20 Å². The van der Waals surface area contributed by atoms with Crippen molar-refractivity contribution in [3.63, 3.8) is 0 Å². The Morgan fingerprint density at radius 1 is 1.04 bits per heavy atom. The minimum atomic E-state index is -0.220. The van der Waals surface area contributed by atoms with Gasteiger partial charge in [0.25, 0.3) is 11.8 Å². The van der Waals surface area contributed by atoms with Crippen molar-refractivity contribution in [1.82, 2.24) is 20.2 Å². The predicted molar refractivity (Wildman–Crippen MR) is 89.4 cm³/mol. The van der Waals surface area contributed by atoms with E-state index in [0.29, 0.717) is 17.8 Å². The number of pyridine rings is 2. The van der Waals surface area contributed by atoms with E-state index < -0.39 is 0 Å². The monoisotopic (exact) mass is 324 g/mol. The van der Waals surface area contributed by atoms with Crippen molar-refractivity contribution in [3.8, 4) is 0 Å². The average Bonchev–Trinajstić information content (AvgIpc) is 2.67. The lowest BCUT2D eigenvalue weighted by atomic mass is 10.1. The van der Waals surface area contributed by atoms with E-state index in [4.69, 9.17) is 0 Å². The van der Waals surface area contributed by atoms with Gasteiger partial charge in [-0.15, -0.1) is 0 Å². The summed E-state index contributed by atoms with van der Waals surface area (Å²) in [7, 11) is 0. The zero-order chi connectivity index (χ0) is 16.8. The van der Waals surface area contributed by atoms with Crippen molar-refractivity contribution in [3.05, 3.63) is 59.7 Å². The molecule has 124 valence electrons. The van der Waals surface area contributed by atoms with E-state index in [-0.39, 0.29) is 11.8 Å². The highest BCUT2D eigenvalue weighted by atomic mass is 16.2. The molecule has 0 aromatic carbocycles. The Labute approximate surface area is 140 Å². The van der Waals surface area contributed by atoms with E-state index in [1.54, 1.807) is 24.5 Å². The quantitative estimate of drug-likeness (QED) is 0.934. The van der Waals surface area contributed by atoms with Crippen molar-refractivity contribution in [2.45, 2.75) is 25.8 Å². The fourth-order valence-corrected chi connectivity index (χ4v) is 2.73. The van der Waals surface area contributed by atoms with Gasteiger partial charge >= 0.3 is 0 Å². The van der Waals surface area contributed by atoms with Crippen molar-refractivity contribution < 1.29 is 9.59 Å². The van der Waals surface area contributed by atoms with Gasteiger partial charge in [0.1, 0.15) is 5.69 Å². The van der Waals surface area contributed by atoms with Crippen LogP contribution in [0.15, 0.2) is 42.9 Å². The lowest BCUT2D eigenvalue weighted by Gasteiger charge is -2.26. The second-order valence-electron chi connectivity index (χ2n) is 5.82. The van der Waals surface area contributed by atoms with Gasteiger partial charge in [-0.1, -0.05) is 0 Å². The molecule has 0 aliphatic carbocycles. The Kier molecular flexibility index (Phi) is 5.15. The third-order valence-electron chi connectivity index (χ3n) is 4.09. The Bertz CT molecular complexity index is 712. The first kappa shape index (κ1) is 16.1. The fraction of sp³-hybridized carbons (Fsp3) is 0.333. The van der Waals surface area contributed by atoms with Crippen molar-refractivity contribution in [1.29, 1.82) is 0 Å². The van der Waals surface area contributed by atoms with Crippen LogP contribution in [0.2, 0.25) is 0 Å². The zero-order valence-corrected chi connectivity index (χ0v) is 13.4. The van der Waals surface area contributed by atoms with Gasteiger partial charge in [0.2, 0.25) is 0 Å². The summed E-state index contributed by atoms with van der Waals surface area (Å²) in [5.74, 6) is -0.319. The summed E-state index contributed by atoms with van der Waals surface area (Å²) in [6, 6.07) is 6.88. The molecule has 0 bridgehead atoms. The van der Waals surface area contributed by atoms with Gasteiger partial charge in [0, 0.05) is 43.8 Å². The van der Waals surface area contributed by atoms with E-state index in [0.717, 1.165) is 37.9 Å². The molecule has 1 fully saturated rings. The molecule has 3 heterocycles. The number of carbonyl (C=O) groups excluding carboxylic acids is 2. The van der Waals surface area contributed by atoms with Crippen LogP contribution in [-0.4, -0.2) is 39.8 Å². The average molecular weight is 324 g/mol. The summed E-state index contributed by atoms with van der Waals surface area (Å²) in [6.07, 6.45) is 8.09. The molecule has 2 amide bonds. The largest absolute Gasteiger partial charge is 0.348 e. The molecule has 0 saturated carbocycles. The Morgan fingerprint density at radius 2 is 1.79 bits per heavy atom. The van der Waals surface area contributed by atoms with Crippen LogP contribution in [0.25, 0.3) is 0 Å². The highest BCUT2D eigenvalue weighted by molar-refractivity contribution is 5.98. The molecule has 1 saturated heterocycles. The molecule has 0 atom stereocenters. The van der Waals surface area contributed by atoms with Crippen LogP contribution in [0.4, 0.5) is 0 Å². The van der Waals surface area contributed by atoms with Crippen molar-refractivity contribution in [2.24, 2.45) is 0 Å². The summed E-state index contributed by atoms with van der Waals surface area (Å²) >= 11 is 0. The topological polar surface area (TPSA) is 75.2 Å². The van der Waals surface area contributed by atoms with Crippen LogP contribution >= 0.6 is 0 Å². The van der Waals surface area contributed by atoms with E-state index >= 15 is 0 Å². The molecule has 1 aliphatic heterocycles. The normalized spacial score (nSPS) is 14.2. The number of aromatic nitrogens is 2. The first-order valence-corrected chi connectivity index (χ1v) is 8.16. The van der Waals surface area contributed by atoms with Crippen LogP contribution in [0.1, 0.15) is 45.7 Å². The summed E-state index contributed by atoms with van der Waals surface area (Å²) in [6.45, 7) is 1.94. The van der Waals surface area contributed by atoms with Gasteiger partial charge in [0.15, 0.2) is 0 Å². The Hall–Kier alpha value is -2.76. The maximum Gasteiger partial charge on any atom is 0.272 e. The van der Waals surface area contributed by atoms with Gasteiger partial charge in [-0.3, -0.25) is 19.6 Å². The summed E-state index contributed by atoms with van der Waals surface area (Å²) < 4.78 is 0. The summed E-state index contributed by atoms with van der Waals surface area (Å²) in [4.78, 5) is 34.7. The molecule has 6 nitrogen and oxygen atoms in total. The molecule has 1 N–H and O–H groups in total. The van der Waals surface area contributed by atoms with Crippen LogP contribution in [0, 0.1) is 0 Å². The minimum absolute atomic E-state index is 0.0986. The van der Waals surface area contributed by atoms with E-state index in [9.17, 15) is 9.59 Å². The lowest BCUT2D eigenvalue weighted by molar-refractivity contribution is 0.0718. The molecular formula is C18H20N4O2. The molecule has 0 radical (unpaired) electrons. The highest BCUT2D eigenvalue weighted by Gasteiger charge is 2.20. The molecule has 24 heavy (non-hydrogen) atoms. The first-order valence-electron chi connectivity index (χ1n) is 8.16. The van der Waals surface area contributed by atoms with Gasteiger partial charge in [-0.25, -0.2) is 0 Å². The number of hydrogen-bond acceptors (Lipinski definition) is 4. The Morgan fingerprint density at radius 3 is 2.54 bits per heavy atom. The van der Waals surface area contributed by atoms with Gasteiger partial charge in [-0.05, 0) is 49.1 Å². The van der Waals surface area contributed by atoms with Gasteiger partial charge in [-0.2, -0.15) is 0 Å². The molecule has 6 heteroatoms. The molecule has 1 aliphatic rings. The first-order chi connectivity index (χ1) is 11.7. The number of likely N-dealkylation sites (tertiary alicyclic amines) is 1. The second kappa shape index (κ2) is 7.68. The zero-order valence-electron chi connectivity index (χ0n) is 13.4. The lowest BCUT2D eigenvalue weighted by Crippen LogP contribution is -2.36. The number of amides is 2. The number of hydrogen-bond donors (Lipinski definition) is 1. The number of piperidine rings is 1. The molecule has 3 rings (SSSR count). The summed E-state index contributed by atoms with van der Waals surface area (Å²) in [5.41, 5.74) is 1.74. The van der Waals surface area contributed by atoms with Crippen molar-refractivity contribution in [2.75, 3.05) is 13.1 Å². The van der Waals surface area contributed by atoms with E-state index in [2.05, 4.69) is 15.3 Å². The van der Waals surface area contributed by atoms with Gasteiger partial charge < -0.3 is 10.2 Å². The highest BCUT2D eigenvalue weighted by Crippen LogP contribution is 2.13. The van der Waals surface area contributed by atoms with Crippen LogP contribution in [0.5, 0.6) is 0 Å². The van der Waals surface area contributed by atoms with Crippen molar-refractivity contribution >= 4 is 11.8 Å². The Balaban J connectivity index is 1.65. The predicted octanol–water partition coefficient (Wildman–Crippen LogP) is 2.03. The smallest absolute Gasteiger partial charge is 0.272 e. The SMILES string of the molecule is O=C(NCc1ccncc1)c1ccnc(C(=O)N2CCCCC2)c1. The third-order valence-corrected chi connectivity index (χ3v) is 4.09. The van der Waals surface area contributed by atoms with E-state index in [1.807, 2.05) is 17.0 Å². The molecule has 0 spiro atoms. The summed E-state index contributed by atoms with van der Waals surface area (Å²) in [5, 5.41) is 2.84. The van der Waals surface area contributed by atoms with Crippen LogP contribution in [0.3, 0.4) is 0 Å². The second-order valence-corrected chi connectivity index (χ2v) is 5.82. The number of nitrogens with zero attached hydrogens (tertiary/aromatic N) is 3. The minimum Gasteiger partial charge on any atom is -0.348 e. The standard InChI is InChI=1S/C18H20N4O2/c23-17(21-13-14-4-7-19-8-5-14)15-6-9-20-16(12-15)18(24)22-10-2-1-3-11-22/h4-9,12H,1-3,10-11,13H2,(H,21,23). The molecule has 0 unspecified atom stereocenters.